The van der Waals surface area contributed by atoms with E-state index in [1.54, 1.807) is 50.4 Å². The van der Waals surface area contributed by atoms with Gasteiger partial charge in [-0.15, -0.1) is 0 Å². The third-order valence-corrected chi connectivity index (χ3v) is 4.10. The van der Waals surface area contributed by atoms with Gasteiger partial charge >= 0.3 is 5.97 Å². The highest BCUT2D eigenvalue weighted by molar-refractivity contribution is 5.91. The maximum absolute atomic E-state index is 12.4. The number of esters is 1. The lowest BCUT2D eigenvalue weighted by molar-refractivity contribution is -0.143. The van der Waals surface area contributed by atoms with E-state index in [1.807, 2.05) is 0 Å². The molecule has 0 radical (unpaired) electrons. The number of methoxy groups -OCH3 is 1. The molecule has 8 heteroatoms. The molecule has 1 aromatic heterocycles. The summed E-state index contributed by atoms with van der Waals surface area (Å²) >= 11 is 0. The molecule has 0 bridgehead atoms. The third kappa shape index (κ3) is 7.83. The number of hydrogen-bond donors (Lipinski definition) is 2. The van der Waals surface area contributed by atoms with E-state index in [4.69, 9.17) is 13.9 Å². The molecule has 2 rings (SSSR count). The molecule has 8 nitrogen and oxygen atoms in total. The first kappa shape index (κ1) is 22.7. The van der Waals surface area contributed by atoms with Crippen LogP contribution < -0.4 is 15.4 Å². The molecule has 2 aromatic rings. The molecule has 0 aliphatic carbocycles. The smallest absolute Gasteiger partial charge is 0.308 e. The average Bonchev–Trinajstić information content (AvgIpc) is 3.26. The Morgan fingerprint density at radius 3 is 2.73 bits per heavy atom. The number of carbonyl (C=O) groups excluding carboxylic acids is 3. The Morgan fingerprint density at radius 1 is 1.20 bits per heavy atom. The number of ether oxygens (including phenoxy) is 2. The summed E-state index contributed by atoms with van der Waals surface area (Å²) in [7, 11) is 1.54. The highest BCUT2D eigenvalue weighted by atomic mass is 16.5. The summed E-state index contributed by atoms with van der Waals surface area (Å²) in [5.41, 5.74) is 0.723. The van der Waals surface area contributed by atoms with E-state index in [2.05, 4.69) is 10.6 Å². The zero-order valence-electron chi connectivity index (χ0n) is 17.1. The maximum atomic E-state index is 12.4. The normalized spacial score (nSPS) is 11.7. The molecule has 0 fully saturated rings. The Morgan fingerprint density at radius 2 is 2.03 bits per heavy atom. The van der Waals surface area contributed by atoms with Gasteiger partial charge in [-0.2, -0.15) is 0 Å². The Bertz CT molecular complexity index is 860. The van der Waals surface area contributed by atoms with E-state index in [-0.39, 0.29) is 37.8 Å². The van der Waals surface area contributed by atoms with Crippen LogP contribution in [0.4, 0.5) is 0 Å². The second kappa shape index (κ2) is 12.1. The molecule has 30 heavy (non-hydrogen) atoms. The maximum Gasteiger partial charge on any atom is 0.308 e. The monoisotopic (exact) mass is 414 g/mol. The predicted molar refractivity (Wildman–Crippen MR) is 110 cm³/mol. The molecular formula is C22H26N2O6. The van der Waals surface area contributed by atoms with Crippen molar-refractivity contribution in [2.75, 3.05) is 20.3 Å². The van der Waals surface area contributed by atoms with Crippen molar-refractivity contribution in [1.29, 1.82) is 0 Å². The highest BCUT2D eigenvalue weighted by Crippen LogP contribution is 2.22. The number of nitrogens with one attached hydrogen (secondary N) is 2. The number of furan rings is 1. The molecule has 1 unspecified atom stereocenters. The van der Waals surface area contributed by atoms with Crippen molar-refractivity contribution in [2.24, 2.45) is 0 Å². The van der Waals surface area contributed by atoms with Gasteiger partial charge in [0.25, 0.3) is 0 Å². The van der Waals surface area contributed by atoms with Gasteiger partial charge in [0.1, 0.15) is 11.5 Å². The van der Waals surface area contributed by atoms with Crippen LogP contribution in [0, 0.1) is 0 Å². The SMILES string of the molecule is CCOC(=O)CC(NC(=O)CCNC(=O)C=Cc1ccco1)c1cccc(OC)c1. The average molecular weight is 414 g/mol. The first-order chi connectivity index (χ1) is 14.5. The van der Waals surface area contributed by atoms with Gasteiger partial charge in [-0.3, -0.25) is 14.4 Å². The van der Waals surface area contributed by atoms with Gasteiger partial charge in [-0.25, -0.2) is 0 Å². The zero-order valence-corrected chi connectivity index (χ0v) is 17.1. The van der Waals surface area contributed by atoms with E-state index in [9.17, 15) is 14.4 Å². The van der Waals surface area contributed by atoms with Crippen LogP contribution in [0.3, 0.4) is 0 Å². The number of carbonyl (C=O) groups is 3. The summed E-state index contributed by atoms with van der Waals surface area (Å²) < 4.78 is 15.3. The van der Waals surface area contributed by atoms with Crippen molar-refractivity contribution >= 4 is 23.9 Å². The molecule has 0 spiro atoms. The van der Waals surface area contributed by atoms with E-state index in [0.29, 0.717) is 11.5 Å². The van der Waals surface area contributed by atoms with Gasteiger partial charge in [0.2, 0.25) is 11.8 Å². The zero-order chi connectivity index (χ0) is 21.8. The van der Waals surface area contributed by atoms with Gasteiger partial charge in [0.15, 0.2) is 0 Å². The van der Waals surface area contributed by atoms with Crippen LogP contribution in [0.15, 0.2) is 53.2 Å². The minimum Gasteiger partial charge on any atom is -0.497 e. The van der Waals surface area contributed by atoms with Crippen molar-refractivity contribution in [3.8, 4) is 5.75 Å². The van der Waals surface area contributed by atoms with Crippen LogP contribution in [0.2, 0.25) is 0 Å². The van der Waals surface area contributed by atoms with Crippen LogP contribution in [0.25, 0.3) is 6.08 Å². The van der Waals surface area contributed by atoms with E-state index >= 15 is 0 Å². The summed E-state index contributed by atoms with van der Waals surface area (Å²) in [6, 6.07) is 9.99. The first-order valence-electron chi connectivity index (χ1n) is 9.60. The third-order valence-electron chi connectivity index (χ3n) is 4.10. The molecule has 1 heterocycles. The van der Waals surface area contributed by atoms with Crippen molar-refractivity contribution in [1.82, 2.24) is 10.6 Å². The van der Waals surface area contributed by atoms with E-state index < -0.39 is 12.0 Å². The lowest BCUT2D eigenvalue weighted by Crippen LogP contribution is -2.33. The van der Waals surface area contributed by atoms with Crippen LogP contribution >= 0.6 is 0 Å². The Labute approximate surface area is 175 Å². The number of rotatable bonds is 11. The van der Waals surface area contributed by atoms with Gasteiger partial charge in [-0.05, 0) is 42.8 Å². The van der Waals surface area contributed by atoms with Crippen molar-refractivity contribution in [3.05, 3.63) is 60.1 Å². The number of amides is 2. The minimum absolute atomic E-state index is 0.00894. The fourth-order valence-corrected chi connectivity index (χ4v) is 2.67. The van der Waals surface area contributed by atoms with Crippen molar-refractivity contribution in [2.45, 2.75) is 25.8 Å². The molecule has 2 N–H and O–H groups in total. The van der Waals surface area contributed by atoms with Gasteiger partial charge in [-0.1, -0.05) is 12.1 Å². The molecule has 0 saturated carbocycles. The Kier molecular flexibility index (Phi) is 9.18. The molecule has 2 amide bonds. The quantitative estimate of drug-likeness (QED) is 0.432. The largest absolute Gasteiger partial charge is 0.497 e. The van der Waals surface area contributed by atoms with Crippen LogP contribution in [0.5, 0.6) is 5.75 Å². The summed E-state index contributed by atoms with van der Waals surface area (Å²) in [6.45, 7) is 2.13. The number of hydrogen-bond acceptors (Lipinski definition) is 6. The molecular weight excluding hydrogens is 388 g/mol. The van der Waals surface area contributed by atoms with Gasteiger partial charge < -0.3 is 24.5 Å². The first-order valence-corrected chi connectivity index (χ1v) is 9.60. The Balaban J connectivity index is 1.89. The highest BCUT2D eigenvalue weighted by Gasteiger charge is 2.19. The van der Waals surface area contributed by atoms with Crippen molar-refractivity contribution < 1.29 is 28.3 Å². The molecule has 0 aliphatic heterocycles. The molecule has 0 saturated heterocycles. The molecule has 1 aromatic carbocycles. The fourth-order valence-electron chi connectivity index (χ4n) is 2.67. The minimum atomic E-state index is -0.568. The molecule has 0 aliphatic rings. The van der Waals surface area contributed by atoms with Gasteiger partial charge in [0.05, 0.1) is 32.4 Å². The standard InChI is InChI=1S/C22H26N2O6/c1-3-29-22(27)15-19(16-6-4-7-18(14-16)28-2)24-21(26)11-12-23-20(25)10-9-17-8-5-13-30-17/h4-10,13-14,19H,3,11-12,15H2,1-2H3,(H,23,25)(H,24,26). The number of benzene rings is 1. The second-order valence-corrected chi connectivity index (χ2v) is 6.30. The lowest BCUT2D eigenvalue weighted by Gasteiger charge is -2.19. The Hall–Kier alpha value is -3.55. The molecule has 1 atom stereocenters. The lowest BCUT2D eigenvalue weighted by atomic mass is 10.0. The second-order valence-electron chi connectivity index (χ2n) is 6.30. The van der Waals surface area contributed by atoms with E-state index in [1.165, 1.54) is 18.4 Å². The molecule has 160 valence electrons. The topological polar surface area (TPSA) is 107 Å². The van der Waals surface area contributed by atoms with Crippen LogP contribution in [0.1, 0.15) is 37.1 Å². The summed E-state index contributed by atoms with van der Waals surface area (Å²) in [5.74, 6) is 0.119. The van der Waals surface area contributed by atoms with Crippen molar-refractivity contribution in [3.63, 3.8) is 0 Å². The summed E-state index contributed by atoms with van der Waals surface area (Å²) in [5, 5.41) is 5.45. The fraction of sp³-hybridized carbons (Fsp3) is 0.318. The van der Waals surface area contributed by atoms with Crippen LogP contribution in [-0.2, 0) is 19.1 Å². The van der Waals surface area contributed by atoms with Crippen LogP contribution in [-0.4, -0.2) is 38.0 Å². The summed E-state index contributed by atoms with van der Waals surface area (Å²) in [4.78, 5) is 36.1. The summed E-state index contributed by atoms with van der Waals surface area (Å²) in [6.07, 6.45) is 4.43. The predicted octanol–water partition coefficient (Wildman–Crippen LogP) is 2.62. The van der Waals surface area contributed by atoms with Gasteiger partial charge in [0, 0.05) is 19.0 Å². The van der Waals surface area contributed by atoms with E-state index in [0.717, 1.165) is 5.56 Å².